The SMILES string of the molecule is O=C(O)CCCCN1CCN(c2cccc(C(F)(F)F)c2)CC1. The Bertz CT molecular complexity index is 526. The second-order valence-electron chi connectivity index (χ2n) is 5.73. The molecule has 0 aromatic heterocycles. The maximum absolute atomic E-state index is 12.8. The molecular weight excluding hydrogens is 309 g/mol. The molecule has 1 N–H and O–H groups in total. The van der Waals surface area contributed by atoms with Gasteiger partial charge in [0.1, 0.15) is 0 Å². The fourth-order valence-electron chi connectivity index (χ4n) is 2.72. The lowest BCUT2D eigenvalue weighted by molar-refractivity contribution is -0.138. The zero-order valence-electron chi connectivity index (χ0n) is 12.9. The first-order chi connectivity index (χ1) is 10.9. The molecule has 1 heterocycles. The molecule has 1 saturated heterocycles. The van der Waals surface area contributed by atoms with Crippen molar-refractivity contribution in [2.75, 3.05) is 37.6 Å². The second-order valence-corrected chi connectivity index (χ2v) is 5.73. The molecule has 1 aromatic rings. The lowest BCUT2D eigenvalue weighted by atomic mass is 10.1. The quantitative estimate of drug-likeness (QED) is 0.814. The minimum absolute atomic E-state index is 0.185. The van der Waals surface area contributed by atoms with E-state index in [0.29, 0.717) is 25.2 Å². The Kier molecular flexibility index (Phi) is 5.87. The lowest BCUT2D eigenvalue weighted by Gasteiger charge is -2.36. The van der Waals surface area contributed by atoms with Crippen molar-refractivity contribution < 1.29 is 23.1 Å². The summed E-state index contributed by atoms with van der Waals surface area (Å²) in [6.07, 6.45) is -2.65. The van der Waals surface area contributed by atoms with Gasteiger partial charge in [0.15, 0.2) is 0 Å². The molecule has 2 rings (SSSR count). The number of carbonyl (C=O) groups is 1. The highest BCUT2D eigenvalue weighted by atomic mass is 19.4. The first-order valence-corrected chi connectivity index (χ1v) is 7.72. The first kappa shape index (κ1) is 17.6. The van der Waals surface area contributed by atoms with Gasteiger partial charge in [0.05, 0.1) is 5.56 Å². The van der Waals surface area contributed by atoms with Crippen molar-refractivity contribution in [2.24, 2.45) is 0 Å². The molecule has 1 fully saturated rings. The molecule has 0 bridgehead atoms. The van der Waals surface area contributed by atoms with Crippen LogP contribution in [0.15, 0.2) is 24.3 Å². The Morgan fingerprint density at radius 1 is 1.13 bits per heavy atom. The molecule has 0 unspecified atom stereocenters. The Balaban J connectivity index is 1.81. The Morgan fingerprint density at radius 2 is 1.83 bits per heavy atom. The molecule has 23 heavy (non-hydrogen) atoms. The largest absolute Gasteiger partial charge is 0.481 e. The fourth-order valence-corrected chi connectivity index (χ4v) is 2.72. The summed E-state index contributed by atoms with van der Waals surface area (Å²) in [6, 6.07) is 5.43. The maximum atomic E-state index is 12.8. The van der Waals surface area contributed by atoms with Crippen LogP contribution in [0, 0.1) is 0 Å². The van der Waals surface area contributed by atoms with Crippen LogP contribution in [0.25, 0.3) is 0 Å². The number of aliphatic carboxylic acids is 1. The summed E-state index contributed by atoms with van der Waals surface area (Å²) in [6.45, 7) is 3.76. The Morgan fingerprint density at radius 3 is 2.43 bits per heavy atom. The summed E-state index contributed by atoms with van der Waals surface area (Å²) < 4.78 is 38.3. The monoisotopic (exact) mass is 330 g/mol. The normalized spacial score (nSPS) is 16.6. The van der Waals surface area contributed by atoms with Crippen LogP contribution < -0.4 is 4.90 Å². The minimum Gasteiger partial charge on any atom is -0.481 e. The fraction of sp³-hybridized carbons (Fsp3) is 0.562. The average molecular weight is 330 g/mol. The Labute approximate surface area is 133 Å². The van der Waals surface area contributed by atoms with E-state index in [2.05, 4.69) is 4.90 Å². The van der Waals surface area contributed by atoms with Crippen molar-refractivity contribution in [3.8, 4) is 0 Å². The number of carboxylic acids is 1. The van der Waals surface area contributed by atoms with Crippen LogP contribution in [0.3, 0.4) is 0 Å². The number of piperazine rings is 1. The number of benzene rings is 1. The molecule has 0 radical (unpaired) electrons. The molecular formula is C16H21F3N2O2. The molecule has 0 amide bonds. The van der Waals surface area contributed by atoms with E-state index >= 15 is 0 Å². The molecule has 7 heteroatoms. The van der Waals surface area contributed by atoms with Crippen molar-refractivity contribution in [3.05, 3.63) is 29.8 Å². The standard InChI is InChI=1S/C16H21F3N2O2/c17-16(18,19)13-4-3-5-14(12-13)21-10-8-20(9-11-21)7-2-1-6-15(22)23/h3-5,12H,1-2,6-11H2,(H,22,23). The highest BCUT2D eigenvalue weighted by Gasteiger charge is 2.31. The van der Waals surface area contributed by atoms with Crippen molar-refractivity contribution in [1.82, 2.24) is 4.90 Å². The van der Waals surface area contributed by atoms with Crippen molar-refractivity contribution in [3.63, 3.8) is 0 Å². The zero-order valence-corrected chi connectivity index (χ0v) is 12.9. The van der Waals surface area contributed by atoms with Gasteiger partial charge in [0.25, 0.3) is 0 Å². The lowest BCUT2D eigenvalue weighted by Crippen LogP contribution is -2.46. The van der Waals surface area contributed by atoms with E-state index in [1.165, 1.54) is 12.1 Å². The van der Waals surface area contributed by atoms with Crippen LogP contribution in [0.1, 0.15) is 24.8 Å². The van der Waals surface area contributed by atoms with Gasteiger partial charge in [-0.05, 0) is 37.6 Å². The van der Waals surface area contributed by atoms with Crippen LogP contribution in [0.2, 0.25) is 0 Å². The van der Waals surface area contributed by atoms with Gasteiger partial charge in [0.2, 0.25) is 0 Å². The van der Waals surface area contributed by atoms with Crippen LogP contribution in [0.5, 0.6) is 0 Å². The number of anilines is 1. The van der Waals surface area contributed by atoms with E-state index in [1.807, 2.05) is 4.90 Å². The molecule has 0 atom stereocenters. The minimum atomic E-state index is -4.32. The number of hydrogen-bond donors (Lipinski definition) is 1. The van der Waals surface area contributed by atoms with Crippen LogP contribution >= 0.6 is 0 Å². The van der Waals surface area contributed by atoms with Crippen molar-refractivity contribution in [1.29, 1.82) is 0 Å². The summed E-state index contributed by atoms with van der Waals surface area (Å²) in [5.74, 6) is -0.778. The van der Waals surface area contributed by atoms with Crippen molar-refractivity contribution in [2.45, 2.75) is 25.4 Å². The van der Waals surface area contributed by atoms with E-state index in [1.54, 1.807) is 6.07 Å². The number of halogens is 3. The molecule has 1 aliphatic heterocycles. The summed E-state index contributed by atoms with van der Waals surface area (Å²) in [5, 5.41) is 8.59. The number of nitrogens with zero attached hydrogens (tertiary/aromatic N) is 2. The van der Waals surface area contributed by atoms with Gasteiger partial charge >= 0.3 is 12.1 Å². The predicted octanol–water partition coefficient (Wildman–Crippen LogP) is 3.08. The molecule has 128 valence electrons. The molecule has 0 aliphatic carbocycles. The van der Waals surface area contributed by atoms with Gasteiger partial charge in [0, 0.05) is 38.3 Å². The van der Waals surface area contributed by atoms with E-state index in [-0.39, 0.29) is 6.42 Å². The van der Waals surface area contributed by atoms with E-state index < -0.39 is 17.7 Å². The van der Waals surface area contributed by atoms with Crippen molar-refractivity contribution >= 4 is 11.7 Å². The molecule has 4 nitrogen and oxygen atoms in total. The smallest absolute Gasteiger partial charge is 0.416 e. The van der Waals surface area contributed by atoms with Gasteiger partial charge in [-0.25, -0.2) is 0 Å². The van der Waals surface area contributed by atoms with Crippen LogP contribution in [0.4, 0.5) is 18.9 Å². The average Bonchev–Trinajstić information content (AvgIpc) is 2.51. The van der Waals surface area contributed by atoms with Gasteiger partial charge in [-0.15, -0.1) is 0 Å². The predicted molar refractivity (Wildman–Crippen MR) is 81.6 cm³/mol. The van der Waals surface area contributed by atoms with Gasteiger partial charge in [-0.2, -0.15) is 13.2 Å². The number of carboxylic acid groups (broad SMARTS) is 1. The maximum Gasteiger partial charge on any atom is 0.416 e. The number of hydrogen-bond acceptors (Lipinski definition) is 3. The summed E-state index contributed by atoms with van der Waals surface area (Å²) in [7, 11) is 0. The third kappa shape index (κ3) is 5.42. The van der Waals surface area contributed by atoms with Gasteiger partial charge in [-0.1, -0.05) is 6.07 Å². The van der Waals surface area contributed by atoms with Gasteiger partial charge < -0.3 is 10.0 Å². The van der Waals surface area contributed by atoms with Gasteiger partial charge in [-0.3, -0.25) is 9.69 Å². The topological polar surface area (TPSA) is 43.8 Å². The Hall–Kier alpha value is -1.76. The number of alkyl halides is 3. The molecule has 0 saturated carbocycles. The van der Waals surface area contributed by atoms with E-state index in [0.717, 1.165) is 32.1 Å². The highest BCUT2D eigenvalue weighted by molar-refractivity contribution is 5.66. The summed E-state index contributed by atoms with van der Waals surface area (Å²) >= 11 is 0. The van der Waals surface area contributed by atoms with E-state index in [4.69, 9.17) is 5.11 Å². The second kappa shape index (κ2) is 7.68. The van der Waals surface area contributed by atoms with Crippen LogP contribution in [-0.2, 0) is 11.0 Å². The van der Waals surface area contributed by atoms with E-state index in [9.17, 15) is 18.0 Å². The summed E-state index contributed by atoms with van der Waals surface area (Å²) in [4.78, 5) is 14.6. The number of unbranched alkanes of at least 4 members (excludes halogenated alkanes) is 1. The third-order valence-corrected chi connectivity index (χ3v) is 4.03. The number of rotatable bonds is 6. The molecule has 0 spiro atoms. The third-order valence-electron chi connectivity index (χ3n) is 4.03. The highest BCUT2D eigenvalue weighted by Crippen LogP contribution is 2.31. The molecule has 1 aromatic carbocycles. The summed E-state index contributed by atoms with van der Waals surface area (Å²) in [5.41, 5.74) is -0.0172. The molecule has 1 aliphatic rings. The van der Waals surface area contributed by atoms with Crippen LogP contribution in [-0.4, -0.2) is 48.7 Å². The zero-order chi connectivity index (χ0) is 16.9. The first-order valence-electron chi connectivity index (χ1n) is 7.72.